The average Bonchev–Trinajstić information content (AvgIpc) is 2.73. The molecule has 2 atom stereocenters. The first-order chi connectivity index (χ1) is 13.6. The first kappa shape index (κ1) is 27.3. The Bertz CT molecular complexity index is 349. The fourth-order valence-electron chi connectivity index (χ4n) is 4.31. The van der Waals surface area contributed by atoms with Gasteiger partial charge in [-0.25, -0.2) is 0 Å². The summed E-state index contributed by atoms with van der Waals surface area (Å²) in [6.07, 6.45) is 10.7. The van der Waals surface area contributed by atoms with Crippen molar-refractivity contribution in [2.24, 2.45) is 11.8 Å². The summed E-state index contributed by atoms with van der Waals surface area (Å²) >= 11 is 0. The molecule has 0 aromatic carbocycles. The van der Waals surface area contributed by atoms with Gasteiger partial charge in [0.05, 0.1) is 39.3 Å². The van der Waals surface area contributed by atoms with Gasteiger partial charge in [0.15, 0.2) is 0 Å². The van der Waals surface area contributed by atoms with E-state index >= 15 is 0 Å². The lowest BCUT2D eigenvalue weighted by Crippen LogP contribution is -2.51. The largest absolute Gasteiger partial charge is 0.350 e. The normalized spacial score (nSPS) is 13.3. The molecule has 0 N–H and O–H groups in total. The fraction of sp³-hybridized carbons (Fsp3) is 0.960. The maximum absolute atomic E-state index is 2.80. The van der Waals surface area contributed by atoms with Gasteiger partial charge >= 0.3 is 5.96 Å². The maximum Gasteiger partial charge on any atom is 0.350 e. The molecule has 0 saturated carbocycles. The Hall–Kier alpha value is -0.730. The van der Waals surface area contributed by atoms with Crippen LogP contribution < -0.4 is 0 Å². The van der Waals surface area contributed by atoms with Crippen molar-refractivity contribution in [3.63, 3.8) is 0 Å². The van der Waals surface area contributed by atoms with Gasteiger partial charge in [-0.05, 0) is 52.4 Å². The number of nitrogens with zero attached hydrogens (tertiary/aromatic N) is 3. The molecule has 0 aliphatic carbocycles. The summed E-state index contributed by atoms with van der Waals surface area (Å²) in [5.41, 5.74) is 0. The first-order valence-corrected chi connectivity index (χ1v) is 12.7. The van der Waals surface area contributed by atoms with Crippen molar-refractivity contribution in [1.82, 2.24) is 9.80 Å². The highest BCUT2D eigenvalue weighted by Crippen LogP contribution is 2.18. The number of unbranched alkanes of at least 4 members (excludes halogenated alkanes) is 2. The molecule has 28 heavy (non-hydrogen) atoms. The molecule has 0 heterocycles. The molecule has 0 aliphatic heterocycles. The van der Waals surface area contributed by atoms with E-state index in [4.69, 9.17) is 0 Å². The Balaban J connectivity index is 5.99. The van der Waals surface area contributed by atoms with Crippen molar-refractivity contribution >= 4 is 5.96 Å². The molecule has 3 nitrogen and oxygen atoms in total. The summed E-state index contributed by atoms with van der Waals surface area (Å²) < 4.78 is 2.80. The van der Waals surface area contributed by atoms with Crippen LogP contribution in [-0.4, -0.2) is 59.6 Å². The highest BCUT2D eigenvalue weighted by Gasteiger charge is 2.28. The lowest BCUT2D eigenvalue weighted by atomic mass is 9.96. The predicted octanol–water partition coefficient (Wildman–Crippen LogP) is 6.47. The second-order valence-electron chi connectivity index (χ2n) is 8.38. The molecule has 3 heteroatoms. The zero-order chi connectivity index (χ0) is 21.4. The maximum atomic E-state index is 2.80. The number of guanidine groups is 1. The second-order valence-corrected chi connectivity index (χ2v) is 8.38. The van der Waals surface area contributed by atoms with Gasteiger partial charge < -0.3 is 0 Å². The third-order valence-corrected chi connectivity index (χ3v) is 6.42. The van der Waals surface area contributed by atoms with Crippen LogP contribution in [0.5, 0.6) is 0 Å². The van der Waals surface area contributed by atoms with E-state index in [1.54, 1.807) is 0 Å². The lowest BCUT2D eigenvalue weighted by Gasteiger charge is -2.31. The number of hydrogen-bond acceptors (Lipinski definition) is 0. The highest BCUT2D eigenvalue weighted by atomic mass is 15.4. The van der Waals surface area contributed by atoms with Gasteiger partial charge in [0.1, 0.15) is 0 Å². The molecule has 168 valence electrons. The molecule has 0 aromatic rings. The van der Waals surface area contributed by atoms with E-state index in [2.05, 4.69) is 69.8 Å². The Morgan fingerprint density at radius 2 is 0.964 bits per heavy atom. The zero-order valence-electron chi connectivity index (χ0n) is 20.9. The van der Waals surface area contributed by atoms with Gasteiger partial charge in [-0.15, -0.1) is 0 Å². The van der Waals surface area contributed by atoms with Crippen molar-refractivity contribution in [2.45, 2.75) is 107 Å². The smallest absolute Gasteiger partial charge is 0.265 e. The molecule has 0 aromatic heterocycles. The van der Waals surface area contributed by atoms with Crippen LogP contribution in [0, 0.1) is 11.8 Å². The summed E-state index contributed by atoms with van der Waals surface area (Å²) in [4.78, 5) is 5.21. The minimum atomic E-state index is 0.810. The molecule has 0 spiro atoms. The first-order valence-electron chi connectivity index (χ1n) is 12.7. The van der Waals surface area contributed by atoms with Crippen molar-refractivity contribution < 1.29 is 4.58 Å². The number of hydrogen-bond donors (Lipinski definition) is 0. The van der Waals surface area contributed by atoms with E-state index in [1.165, 1.54) is 70.4 Å². The molecular weight excluding hydrogens is 342 g/mol. The molecular formula is C25H54N3+. The summed E-state index contributed by atoms with van der Waals surface area (Å²) in [5.74, 6) is 3.12. The Morgan fingerprint density at radius 3 is 1.21 bits per heavy atom. The van der Waals surface area contributed by atoms with Crippen LogP contribution >= 0.6 is 0 Å². The molecule has 0 radical (unpaired) electrons. The van der Waals surface area contributed by atoms with Gasteiger partial charge in [-0.3, -0.25) is 14.4 Å². The molecule has 0 bridgehead atoms. The van der Waals surface area contributed by atoms with Crippen LogP contribution in [0.25, 0.3) is 0 Å². The zero-order valence-corrected chi connectivity index (χ0v) is 20.9. The summed E-state index contributed by atoms with van der Waals surface area (Å²) in [6, 6.07) is 0. The van der Waals surface area contributed by atoms with Gasteiger partial charge in [0.2, 0.25) is 0 Å². The SMILES string of the molecule is CCCCC(CC)C[N+](CC(CC)CCCC)=C(N(CC)CC)N(CC)CC. The van der Waals surface area contributed by atoms with Crippen LogP contribution in [0.2, 0.25) is 0 Å². The molecule has 0 fully saturated rings. The highest BCUT2D eigenvalue weighted by molar-refractivity contribution is 5.75. The van der Waals surface area contributed by atoms with E-state index in [-0.39, 0.29) is 0 Å². The summed E-state index contributed by atoms with van der Waals surface area (Å²) in [5, 5.41) is 0. The van der Waals surface area contributed by atoms with Gasteiger partial charge in [-0.1, -0.05) is 66.2 Å². The van der Waals surface area contributed by atoms with Crippen LogP contribution in [-0.2, 0) is 0 Å². The van der Waals surface area contributed by atoms with Crippen molar-refractivity contribution in [3.8, 4) is 0 Å². The lowest BCUT2D eigenvalue weighted by molar-refractivity contribution is -0.552. The third kappa shape index (κ3) is 9.65. The van der Waals surface area contributed by atoms with Crippen LogP contribution in [0.3, 0.4) is 0 Å². The van der Waals surface area contributed by atoms with E-state index < -0.39 is 0 Å². The third-order valence-electron chi connectivity index (χ3n) is 6.42. The van der Waals surface area contributed by atoms with Crippen molar-refractivity contribution in [1.29, 1.82) is 0 Å². The Kier molecular flexibility index (Phi) is 16.7. The Morgan fingerprint density at radius 1 is 0.607 bits per heavy atom. The van der Waals surface area contributed by atoms with Crippen LogP contribution in [0.1, 0.15) is 107 Å². The van der Waals surface area contributed by atoms with E-state index in [0.717, 1.165) is 38.0 Å². The van der Waals surface area contributed by atoms with Crippen LogP contribution in [0.15, 0.2) is 0 Å². The fourth-order valence-corrected chi connectivity index (χ4v) is 4.31. The number of rotatable bonds is 16. The van der Waals surface area contributed by atoms with Crippen LogP contribution in [0.4, 0.5) is 0 Å². The molecule has 2 unspecified atom stereocenters. The molecule has 0 saturated heterocycles. The standard InChI is InChI=1S/C25H54N3/c1-9-17-19-23(11-3)21-28(22-24(12-4)20-18-10-2)25(26(13-5)14-6)27(15-7)16-8/h23-24H,9-22H2,1-8H3/q+1. The van der Waals surface area contributed by atoms with Gasteiger partial charge in [-0.2, -0.15) is 0 Å². The minimum Gasteiger partial charge on any atom is -0.265 e. The monoisotopic (exact) mass is 396 g/mol. The van der Waals surface area contributed by atoms with Gasteiger partial charge in [0.25, 0.3) is 0 Å². The topological polar surface area (TPSA) is 9.49 Å². The summed E-state index contributed by atoms with van der Waals surface area (Å²) in [7, 11) is 0. The minimum absolute atomic E-state index is 0.810. The van der Waals surface area contributed by atoms with E-state index in [0.29, 0.717) is 0 Å². The van der Waals surface area contributed by atoms with Crippen molar-refractivity contribution in [3.05, 3.63) is 0 Å². The average molecular weight is 397 g/mol. The second kappa shape index (κ2) is 17.2. The molecule has 0 rings (SSSR count). The van der Waals surface area contributed by atoms with E-state index in [1.807, 2.05) is 0 Å². The van der Waals surface area contributed by atoms with Crippen molar-refractivity contribution in [2.75, 3.05) is 39.3 Å². The summed E-state index contributed by atoms with van der Waals surface area (Å²) in [6.45, 7) is 25.5. The Labute approximate surface area is 178 Å². The van der Waals surface area contributed by atoms with E-state index in [9.17, 15) is 0 Å². The molecule has 0 aliphatic rings. The van der Waals surface area contributed by atoms with Gasteiger partial charge in [0, 0.05) is 0 Å². The molecule has 0 amide bonds. The quantitative estimate of drug-likeness (QED) is 0.168. The predicted molar refractivity (Wildman–Crippen MR) is 127 cm³/mol.